The van der Waals surface area contributed by atoms with E-state index in [1.807, 2.05) is 18.4 Å². The van der Waals surface area contributed by atoms with Crippen LogP contribution >= 0.6 is 0 Å². The molecular formula is C29H33N3O3. The molecule has 3 aliphatic rings. The Balaban J connectivity index is 1.70. The molecule has 0 N–H and O–H groups in total. The molecule has 4 heterocycles. The Morgan fingerprint density at radius 3 is 2.57 bits per heavy atom. The monoisotopic (exact) mass is 471 g/mol. The third-order valence-electron chi connectivity index (χ3n) is 8.76. The molecule has 0 radical (unpaired) electrons. The highest BCUT2D eigenvalue weighted by Gasteiger charge is 2.41. The summed E-state index contributed by atoms with van der Waals surface area (Å²) < 4.78 is 7.96. The molecule has 6 heteroatoms. The van der Waals surface area contributed by atoms with Crippen molar-refractivity contribution in [2.75, 3.05) is 20.7 Å². The number of fused-ring (bicyclic) bond motifs is 6. The lowest BCUT2D eigenvalue weighted by Gasteiger charge is -2.33. The average Bonchev–Trinajstić information content (AvgIpc) is 3.46. The van der Waals surface area contributed by atoms with Crippen LogP contribution in [0.25, 0.3) is 22.3 Å². The SMILES string of the molecule is CC[C@@]1(C)C(=O)CCc2c1cc1n(c2=O)Cc2c-1nc1c(C)c3c(c(C)c1c2CN(C)C)OCC3. The Hall–Kier alpha value is -2.99. The van der Waals surface area contributed by atoms with Gasteiger partial charge in [-0.05, 0) is 70.5 Å². The molecule has 182 valence electrons. The van der Waals surface area contributed by atoms with Crippen molar-refractivity contribution in [1.82, 2.24) is 14.5 Å². The lowest BCUT2D eigenvalue weighted by atomic mass is 9.69. The van der Waals surface area contributed by atoms with Gasteiger partial charge < -0.3 is 14.2 Å². The van der Waals surface area contributed by atoms with Gasteiger partial charge in [0, 0.05) is 47.0 Å². The van der Waals surface area contributed by atoms with Crippen molar-refractivity contribution in [3.8, 4) is 17.1 Å². The van der Waals surface area contributed by atoms with E-state index in [9.17, 15) is 9.59 Å². The van der Waals surface area contributed by atoms with Gasteiger partial charge in [-0.3, -0.25) is 9.59 Å². The molecule has 35 heavy (non-hydrogen) atoms. The molecule has 0 bridgehead atoms. The smallest absolute Gasteiger partial charge is 0.254 e. The third kappa shape index (κ3) is 2.89. The number of ketones is 1. The molecule has 0 saturated heterocycles. The van der Waals surface area contributed by atoms with Crippen molar-refractivity contribution in [2.24, 2.45) is 0 Å². The summed E-state index contributed by atoms with van der Waals surface area (Å²) in [5.41, 5.74) is 9.83. The van der Waals surface area contributed by atoms with Crippen LogP contribution < -0.4 is 10.3 Å². The van der Waals surface area contributed by atoms with Crippen LogP contribution in [0.2, 0.25) is 0 Å². The zero-order valence-corrected chi connectivity index (χ0v) is 21.6. The molecule has 3 aromatic rings. The summed E-state index contributed by atoms with van der Waals surface area (Å²) in [6, 6.07) is 2.11. The van der Waals surface area contributed by atoms with Crippen molar-refractivity contribution in [3.05, 3.63) is 55.4 Å². The van der Waals surface area contributed by atoms with Gasteiger partial charge in [-0.15, -0.1) is 0 Å². The summed E-state index contributed by atoms with van der Waals surface area (Å²) in [5.74, 6) is 1.24. The standard InChI is InChI=1S/C29H33N3O3/c1-7-29(4)21-12-22-26-20(14-32(22)28(34)18(21)8-9-23(29)33)19(13-31(5)6)24-16(3)27-17(10-11-35-27)15(2)25(24)30-26/h12H,7-11,13-14H2,1-6H3/t29-/m1/s1. The van der Waals surface area contributed by atoms with E-state index >= 15 is 0 Å². The van der Waals surface area contributed by atoms with E-state index in [0.29, 0.717) is 32.4 Å². The number of Topliss-reactive ketones (excluding diaryl/α,β-unsaturated/α-hetero) is 1. The van der Waals surface area contributed by atoms with Crippen molar-refractivity contribution in [2.45, 2.75) is 71.9 Å². The molecule has 6 nitrogen and oxygen atoms in total. The Labute approximate surface area is 205 Å². The molecular weight excluding hydrogens is 438 g/mol. The predicted molar refractivity (Wildman–Crippen MR) is 138 cm³/mol. The van der Waals surface area contributed by atoms with E-state index in [4.69, 9.17) is 9.72 Å². The molecule has 0 spiro atoms. The minimum absolute atomic E-state index is 0.0433. The third-order valence-corrected chi connectivity index (χ3v) is 8.76. The van der Waals surface area contributed by atoms with Crippen LogP contribution in [0, 0.1) is 13.8 Å². The lowest BCUT2D eigenvalue weighted by Crippen LogP contribution is -2.41. The van der Waals surface area contributed by atoms with Crippen LogP contribution in [-0.4, -0.2) is 40.9 Å². The first-order valence-corrected chi connectivity index (χ1v) is 12.7. The first kappa shape index (κ1) is 22.5. The Morgan fingerprint density at radius 2 is 1.86 bits per heavy atom. The second kappa shape index (κ2) is 7.50. The molecule has 0 fully saturated rings. The zero-order chi connectivity index (χ0) is 24.8. The fourth-order valence-electron chi connectivity index (χ4n) is 6.61. The second-order valence-electron chi connectivity index (χ2n) is 11.0. The number of pyridine rings is 2. The van der Waals surface area contributed by atoms with Crippen LogP contribution in [0.5, 0.6) is 5.75 Å². The van der Waals surface area contributed by atoms with Gasteiger partial charge in [0.15, 0.2) is 0 Å². The van der Waals surface area contributed by atoms with Gasteiger partial charge in [-0.2, -0.15) is 0 Å². The highest BCUT2D eigenvalue weighted by atomic mass is 16.5. The van der Waals surface area contributed by atoms with E-state index in [1.165, 1.54) is 16.7 Å². The number of nitrogens with zero attached hydrogens (tertiary/aromatic N) is 3. The van der Waals surface area contributed by atoms with Gasteiger partial charge in [0.05, 0.1) is 35.5 Å². The molecule has 1 aliphatic carbocycles. The van der Waals surface area contributed by atoms with Crippen LogP contribution in [0.4, 0.5) is 0 Å². The minimum Gasteiger partial charge on any atom is -0.493 e. The molecule has 0 amide bonds. The van der Waals surface area contributed by atoms with Gasteiger partial charge in [0.25, 0.3) is 5.56 Å². The van der Waals surface area contributed by atoms with Gasteiger partial charge >= 0.3 is 0 Å². The molecule has 0 unspecified atom stereocenters. The van der Waals surface area contributed by atoms with E-state index in [2.05, 4.69) is 38.9 Å². The molecule has 6 rings (SSSR count). The molecule has 2 aromatic heterocycles. The topological polar surface area (TPSA) is 64.4 Å². The summed E-state index contributed by atoms with van der Waals surface area (Å²) in [6.45, 7) is 10.3. The van der Waals surface area contributed by atoms with Crippen molar-refractivity contribution >= 4 is 16.7 Å². The van der Waals surface area contributed by atoms with E-state index in [1.54, 1.807) is 0 Å². The van der Waals surface area contributed by atoms with Crippen LogP contribution in [0.3, 0.4) is 0 Å². The predicted octanol–water partition coefficient (Wildman–Crippen LogP) is 4.22. The molecule has 2 aliphatic heterocycles. The highest BCUT2D eigenvalue weighted by molar-refractivity contribution is 5.96. The first-order chi connectivity index (χ1) is 16.7. The number of benzene rings is 1. The van der Waals surface area contributed by atoms with E-state index in [0.717, 1.165) is 63.3 Å². The largest absolute Gasteiger partial charge is 0.493 e. The van der Waals surface area contributed by atoms with Crippen molar-refractivity contribution in [3.63, 3.8) is 0 Å². The molecule has 1 atom stereocenters. The lowest BCUT2D eigenvalue weighted by molar-refractivity contribution is -0.124. The number of ether oxygens (including phenoxy) is 1. The normalized spacial score (nSPS) is 20.1. The fourth-order valence-corrected chi connectivity index (χ4v) is 6.61. The maximum absolute atomic E-state index is 13.8. The second-order valence-corrected chi connectivity index (χ2v) is 11.0. The Bertz CT molecular complexity index is 1510. The number of aromatic nitrogens is 2. The fraction of sp³-hybridized carbons (Fsp3) is 0.483. The maximum atomic E-state index is 13.8. The average molecular weight is 472 g/mol. The number of carbonyl (C=O) groups is 1. The van der Waals surface area contributed by atoms with Crippen LogP contribution in [0.1, 0.15) is 65.6 Å². The number of rotatable bonds is 3. The summed E-state index contributed by atoms with van der Waals surface area (Å²) in [6.07, 6.45) is 2.56. The number of hydrogen-bond donors (Lipinski definition) is 0. The molecule has 0 saturated carbocycles. The van der Waals surface area contributed by atoms with E-state index < -0.39 is 5.41 Å². The number of hydrogen-bond acceptors (Lipinski definition) is 5. The van der Waals surface area contributed by atoms with Gasteiger partial charge in [0.1, 0.15) is 11.5 Å². The number of carbonyl (C=O) groups excluding carboxylic acids is 1. The quantitative estimate of drug-likeness (QED) is 0.448. The Kier molecular flexibility index (Phi) is 4.82. The minimum atomic E-state index is -0.612. The molecule has 1 aromatic carbocycles. The van der Waals surface area contributed by atoms with E-state index in [-0.39, 0.29) is 11.3 Å². The summed E-state index contributed by atoms with van der Waals surface area (Å²) in [7, 11) is 4.16. The summed E-state index contributed by atoms with van der Waals surface area (Å²) in [4.78, 5) is 34.2. The summed E-state index contributed by atoms with van der Waals surface area (Å²) >= 11 is 0. The first-order valence-electron chi connectivity index (χ1n) is 12.7. The summed E-state index contributed by atoms with van der Waals surface area (Å²) in [5, 5.41) is 1.16. The van der Waals surface area contributed by atoms with Crippen molar-refractivity contribution < 1.29 is 9.53 Å². The zero-order valence-electron chi connectivity index (χ0n) is 21.6. The maximum Gasteiger partial charge on any atom is 0.254 e. The van der Waals surface area contributed by atoms with Crippen molar-refractivity contribution in [1.29, 1.82) is 0 Å². The van der Waals surface area contributed by atoms with Gasteiger partial charge in [0.2, 0.25) is 0 Å². The highest BCUT2D eigenvalue weighted by Crippen LogP contribution is 2.45. The van der Waals surface area contributed by atoms with Gasteiger partial charge in [-0.1, -0.05) is 6.92 Å². The van der Waals surface area contributed by atoms with Gasteiger partial charge in [-0.25, -0.2) is 4.98 Å². The number of aryl methyl sites for hydroxylation is 2. The Morgan fingerprint density at radius 1 is 1.09 bits per heavy atom. The van der Waals surface area contributed by atoms with Crippen LogP contribution in [0.15, 0.2) is 10.9 Å². The van der Waals surface area contributed by atoms with Crippen LogP contribution in [-0.2, 0) is 36.1 Å².